The molecule has 0 saturated carbocycles. The van der Waals surface area contributed by atoms with Crippen LogP contribution >= 0.6 is 0 Å². The molecule has 24 heavy (non-hydrogen) atoms. The van der Waals surface area contributed by atoms with Crippen molar-refractivity contribution in [3.8, 4) is 11.5 Å². The average molecular weight is 331 g/mol. The van der Waals surface area contributed by atoms with Crippen molar-refractivity contribution in [1.29, 1.82) is 0 Å². The van der Waals surface area contributed by atoms with E-state index < -0.39 is 12.1 Å². The van der Waals surface area contributed by atoms with Crippen molar-refractivity contribution in [2.24, 2.45) is 0 Å². The van der Waals surface area contributed by atoms with Gasteiger partial charge in [0.2, 0.25) is 0 Å². The van der Waals surface area contributed by atoms with E-state index in [-0.39, 0.29) is 11.7 Å². The lowest BCUT2D eigenvalue weighted by molar-refractivity contribution is -0.146. The molecule has 2 atom stereocenters. The third kappa shape index (κ3) is 3.02. The van der Waals surface area contributed by atoms with Crippen LogP contribution in [0.4, 0.5) is 0 Å². The highest BCUT2D eigenvalue weighted by Crippen LogP contribution is 2.33. The number of fused-ring (bicyclic) bond motifs is 1. The van der Waals surface area contributed by atoms with Gasteiger partial charge in [0.1, 0.15) is 17.5 Å². The Bertz CT molecular complexity index is 760. The molecule has 1 aliphatic heterocycles. The van der Waals surface area contributed by atoms with E-state index in [2.05, 4.69) is 0 Å². The van der Waals surface area contributed by atoms with Gasteiger partial charge >= 0.3 is 5.97 Å². The molecule has 1 heterocycles. The van der Waals surface area contributed by atoms with Crippen LogP contribution in [-0.2, 0) is 16.1 Å². The van der Waals surface area contributed by atoms with Gasteiger partial charge in [-0.1, -0.05) is 12.1 Å². The van der Waals surface area contributed by atoms with Crippen LogP contribution < -0.4 is 4.74 Å². The minimum atomic E-state index is -0.583. The maximum atomic E-state index is 12.0. The van der Waals surface area contributed by atoms with E-state index >= 15 is 0 Å². The summed E-state index contributed by atoms with van der Waals surface area (Å²) in [7, 11) is 2.93. The zero-order chi connectivity index (χ0) is 17.3. The molecule has 0 amide bonds. The van der Waals surface area contributed by atoms with E-state index in [0.717, 1.165) is 10.8 Å². The van der Waals surface area contributed by atoms with Gasteiger partial charge in [-0.3, -0.25) is 9.69 Å². The Morgan fingerprint density at radius 1 is 1.29 bits per heavy atom. The molecule has 6 nitrogen and oxygen atoms in total. The lowest BCUT2D eigenvalue weighted by atomic mass is 10.0. The molecular weight excluding hydrogens is 310 g/mol. The molecule has 0 radical (unpaired) electrons. The number of carbonyl (C=O) groups excluding carboxylic acids is 1. The Kier molecular flexibility index (Phi) is 4.59. The van der Waals surface area contributed by atoms with Gasteiger partial charge in [-0.05, 0) is 29.0 Å². The minimum absolute atomic E-state index is 0.153. The fourth-order valence-electron chi connectivity index (χ4n) is 3.28. The number of methoxy groups -OCH3 is 2. The maximum Gasteiger partial charge on any atom is 0.323 e. The number of carbonyl (C=O) groups is 1. The SMILES string of the molecule is COC(=O)[C@@H]1C[C@H](O)CN1Cc1c(O)ccc2ccc(OC)cc12. The predicted octanol–water partition coefficient (Wildman–Crippen LogP) is 1.66. The van der Waals surface area contributed by atoms with Crippen LogP contribution in [0.5, 0.6) is 11.5 Å². The van der Waals surface area contributed by atoms with E-state index in [4.69, 9.17) is 9.47 Å². The molecule has 2 N–H and O–H groups in total. The molecule has 0 unspecified atom stereocenters. The lowest BCUT2D eigenvalue weighted by Crippen LogP contribution is -2.36. The number of hydrogen-bond donors (Lipinski definition) is 2. The average Bonchev–Trinajstić information content (AvgIpc) is 2.96. The molecule has 0 spiro atoms. The number of phenolic OH excluding ortho intramolecular Hbond substituents is 1. The summed E-state index contributed by atoms with van der Waals surface area (Å²) in [4.78, 5) is 13.8. The van der Waals surface area contributed by atoms with Crippen LogP contribution in [-0.4, -0.2) is 54.0 Å². The maximum absolute atomic E-state index is 12.0. The van der Waals surface area contributed by atoms with Gasteiger partial charge < -0.3 is 19.7 Å². The van der Waals surface area contributed by atoms with Gasteiger partial charge in [0.05, 0.1) is 20.3 Å². The van der Waals surface area contributed by atoms with Gasteiger partial charge in [0, 0.05) is 25.1 Å². The Morgan fingerprint density at radius 2 is 2.04 bits per heavy atom. The number of hydrogen-bond acceptors (Lipinski definition) is 6. The molecule has 6 heteroatoms. The Labute approximate surface area is 140 Å². The predicted molar refractivity (Wildman–Crippen MR) is 89.0 cm³/mol. The van der Waals surface area contributed by atoms with Crippen LogP contribution in [0.2, 0.25) is 0 Å². The summed E-state index contributed by atoms with van der Waals surface area (Å²) in [5, 5.41) is 22.1. The van der Waals surface area contributed by atoms with Gasteiger partial charge in [-0.15, -0.1) is 0 Å². The van der Waals surface area contributed by atoms with Crippen LogP contribution in [0, 0.1) is 0 Å². The summed E-state index contributed by atoms with van der Waals surface area (Å²) in [5.41, 5.74) is 0.703. The summed E-state index contributed by atoms with van der Waals surface area (Å²) in [6.45, 7) is 0.701. The van der Waals surface area contributed by atoms with Crippen molar-refractivity contribution in [2.75, 3.05) is 20.8 Å². The molecule has 1 saturated heterocycles. The first-order valence-corrected chi connectivity index (χ1v) is 7.82. The van der Waals surface area contributed by atoms with Crippen molar-refractivity contribution >= 4 is 16.7 Å². The molecule has 0 aliphatic carbocycles. The van der Waals surface area contributed by atoms with Crippen LogP contribution in [0.15, 0.2) is 30.3 Å². The molecular formula is C18H21NO5. The monoisotopic (exact) mass is 331 g/mol. The Balaban J connectivity index is 1.99. The normalized spacial score (nSPS) is 21.1. The number of aliphatic hydroxyl groups excluding tert-OH is 1. The first kappa shape index (κ1) is 16.5. The summed E-state index contributed by atoms with van der Waals surface area (Å²) < 4.78 is 10.1. The first-order valence-electron chi connectivity index (χ1n) is 7.82. The summed E-state index contributed by atoms with van der Waals surface area (Å²) >= 11 is 0. The number of ether oxygens (including phenoxy) is 2. The van der Waals surface area contributed by atoms with Gasteiger partial charge in [0.15, 0.2) is 0 Å². The fraction of sp³-hybridized carbons (Fsp3) is 0.389. The highest BCUT2D eigenvalue weighted by Gasteiger charge is 2.37. The van der Waals surface area contributed by atoms with E-state index in [9.17, 15) is 15.0 Å². The zero-order valence-electron chi connectivity index (χ0n) is 13.7. The third-order valence-corrected chi connectivity index (χ3v) is 4.53. The topological polar surface area (TPSA) is 79.2 Å². The summed E-state index contributed by atoms with van der Waals surface area (Å²) in [5.74, 6) is 0.477. The smallest absolute Gasteiger partial charge is 0.323 e. The highest BCUT2D eigenvalue weighted by molar-refractivity contribution is 5.89. The molecule has 2 aromatic rings. The van der Waals surface area contributed by atoms with E-state index in [0.29, 0.717) is 30.8 Å². The number of phenols is 1. The Hall–Kier alpha value is -2.31. The second kappa shape index (κ2) is 6.67. The molecule has 3 rings (SSSR count). The van der Waals surface area contributed by atoms with Gasteiger partial charge in [-0.25, -0.2) is 0 Å². The minimum Gasteiger partial charge on any atom is -0.508 e. The number of rotatable bonds is 4. The molecule has 2 aromatic carbocycles. The Morgan fingerprint density at radius 3 is 2.75 bits per heavy atom. The largest absolute Gasteiger partial charge is 0.508 e. The van der Waals surface area contributed by atoms with Crippen LogP contribution in [0.3, 0.4) is 0 Å². The quantitative estimate of drug-likeness (QED) is 0.830. The van der Waals surface area contributed by atoms with Crippen LogP contribution in [0.1, 0.15) is 12.0 Å². The number of nitrogens with zero attached hydrogens (tertiary/aromatic N) is 1. The van der Waals surface area contributed by atoms with Crippen LogP contribution in [0.25, 0.3) is 10.8 Å². The van der Waals surface area contributed by atoms with Crippen molar-refractivity contribution in [3.05, 3.63) is 35.9 Å². The molecule has 1 aliphatic rings. The second-order valence-electron chi connectivity index (χ2n) is 6.01. The van der Waals surface area contributed by atoms with Gasteiger partial charge in [-0.2, -0.15) is 0 Å². The van der Waals surface area contributed by atoms with Crippen molar-refractivity contribution in [2.45, 2.75) is 25.1 Å². The van der Waals surface area contributed by atoms with Crippen molar-refractivity contribution in [3.63, 3.8) is 0 Å². The standard InChI is InChI=1S/C18H21NO5/c1-23-13-5-3-11-4-6-17(21)15(14(11)8-13)10-19-9-12(20)7-16(19)18(22)24-2/h3-6,8,12,16,20-21H,7,9-10H2,1-2H3/t12-,16-/m0/s1. The highest BCUT2D eigenvalue weighted by atomic mass is 16.5. The third-order valence-electron chi connectivity index (χ3n) is 4.53. The van der Waals surface area contributed by atoms with Crippen molar-refractivity contribution in [1.82, 2.24) is 4.90 Å². The number of β-amino-alcohol motifs (C(OH)–C–C–N with tert-alkyl or cyclic N) is 1. The fourth-order valence-corrected chi connectivity index (χ4v) is 3.28. The number of aliphatic hydroxyl groups is 1. The molecule has 0 bridgehead atoms. The number of likely N-dealkylation sites (tertiary alicyclic amines) is 1. The molecule has 128 valence electrons. The molecule has 1 fully saturated rings. The number of esters is 1. The summed E-state index contributed by atoms with van der Waals surface area (Å²) in [6.07, 6.45) is -0.248. The summed E-state index contributed by atoms with van der Waals surface area (Å²) in [6, 6.07) is 8.62. The number of benzene rings is 2. The lowest BCUT2D eigenvalue weighted by Gasteiger charge is -2.23. The van der Waals surface area contributed by atoms with E-state index in [1.165, 1.54) is 7.11 Å². The van der Waals surface area contributed by atoms with Gasteiger partial charge in [0.25, 0.3) is 0 Å². The van der Waals surface area contributed by atoms with Crippen molar-refractivity contribution < 1.29 is 24.5 Å². The zero-order valence-corrected chi connectivity index (χ0v) is 13.7. The second-order valence-corrected chi connectivity index (χ2v) is 6.01. The number of aromatic hydroxyl groups is 1. The van der Waals surface area contributed by atoms with E-state index in [1.807, 2.05) is 29.2 Å². The van der Waals surface area contributed by atoms with E-state index in [1.54, 1.807) is 13.2 Å². The first-order chi connectivity index (χ1) is 11.5. The molecule has 0 aromatic heterocycles.